The number of anilines is 2. The lowest BCUT2D eigenvalue weighted by molar-refractivity contribution is 0.683. The van der Waals surface area contributed by atoms with Gasteiger partial charge in [0.15, 0.2) is 0 Å². The van der Waals surface area contributed by atoms with Crippen molar-refractivity contribution < 1.29 is 4.21 Å². The third-order valence-corrected chi connectivity index (χ3v) is 4.27. The van der Waals surface area contributed by atoms with Crippen molar-refractivity contribution in [1.29, 1.82) is 0 Å². The second kappa shape index (κ2) is 4.90. The summed E-state index contributed by atoms with van der Waals surface area (Å²) in [4.78, 5) is 9.41. The zero-order valence-electron chi connectivity index (χ0n) is 10.5. The van der Waals surface area contributed by atoms with Gasteiger partial charge in [0.1, 0.15) is 5.82 Å². The quantitative estimate of drug-likeness (QED) is 0.750. The average molecular weight is 284 g/mol. The molecule has 0 amide bonds. The van der Waals surface area contributed by atoms with Gasteiger partial charge >= 0.3 is 0 Å². The van der Waals surface area contributed by atoms with Crippen molar-refractivity contribution in [2.45, 2.75) is 9.79 Å². The molecule has 1 heterocycles. The Labute approximate surface area is 118 Å². The molecule has 1 aromatic heterocycles. The molecule has 0 saturated heterocycles. The molecule has 0 bridgehead atoms. The number of nitrogens with two attached hydrogens (primary N) is 2. The van der Waals surface area contributed by atoms with Gasteiger partial charge in [-0.15, -0.1) is 0 Å². The van der Waals surface area contributed by atoms with Crippen LogP contribution in [0.5, 0.6) is 0 Å². The van der Waals surface area contributed by atoms with Crippen molar-refractivity contribution >= 4 is 33.5 Å². The molecule has 0 aliphatic carbocycles. The number of nitrogen functional groups attached to an aromatic ring is 2. The minimum absolute atomic E-state index is 0.131. The third-order valence-electron chi connectivity index (χ3n) is 2.89. The van der Waals surface area contributed by atoms with E-state index in [-0.39, 0.29) is 5.95 Å². The average Bonchev–Trinajstić information content (AvgIpc) is 2.47. The molecule has 100 valence electrons. The molecule has 0 aliphatic heterocycles. The first-order chi connectivity index (χ1) is 9.65. The monoisotopic (exact) mass is 284 g/mol. The zero-order chi connectivity index (χ0) is 14.1. The number of rotatable bonds is 2. The van der Waals surface area contributed by atoms with Crippen molar-refractivity contribution in [3.8, 4) is 0 Å². The molecule has 0 radical (unpaired) electrons. The Morgan fingerprint density at radius 1 is 0.900 bits per heavy atom. The van der Waals surface area contributed by atoms with Crippen LogP contribution in [-0.2, 0) is 10.8 Å². The van der Waals surface area contributed by atoms with Crippen LogP contribution >= 0.6 is 0 Å². The first-order valence-corrected chi connectivity index (χ1v) is 7.10. The van der Waals surface area contributed by atoms with Crippen molar-refractivity contribution in [2.75, 3.05) is 11.5 Å². The smallest absolute Gasteiger partial charge is 0.222 e. The lowest BCUT2D eigenvalue weighted by atomic mass is 10.2. The van der Waals surface area contributed by atoms with E-state index < -0.39 is 10.8 Å². The number of hydrogen-bond donors (Lipinski definition) is 2. The summed E-state index contributed by atoms with van der Waals surface area (Å²) in [6, 6.07) is 14.5. The maximum atomic E-state index is 12.5. The summed E-state index contributed by atoms with van der Waals surface area (Å²) in [5, 5.41) is 0.654. The Bertz CT molecular complexity index is 805. The van der Waals surface area contributed by atoms with Crippen LogP contribution < -0.4 is 11.5 Å². The summed E-state index contributed by atoms with van der Waals surface area (Å²) in [5.74, 6) is 0.423. The number of nitrogens with zero attached hydrogens (tertiary/aromatic N) is 2. The van der Waals surface area contributed by atoms with Crippen LogP contribution in [0.4, 0.5) is 11.8 Å². The van der Waals surface area contributed by atoms with E-state index >= 15 is 0 Å². The maximum Gasteiger partial charge on any atom is 0.222 e. The minimum atomic E-state index is -1.26. The van der Waals surface area contributed by atoms with Crippen molar-refractivity contribution in [2.24, 2.45) is 0 Å². The second-order valence-electron chi connectivity index (χ2n) is 4.23. The fraction of sp³-hybridized carbons (Fsp3) is 0. The molecule has 0 aliphatic rings. The Morgan fingerprint density at radius 3 is 2.40 bits per heavy atom. The molecule has 3 rings (SSSR count). The first-order valence-electron chi connectivity index (χ1n) is 5.95. The Hall–Kier alpha value is -2.47. The van der Waals surface area contributed by atoms with Crippen molar-refractivity contribution in [3.05, 3.63) is 48.5 Å². The SMILES string of the molecule is Nc1nc(N)c2cc([S@](=O)c3ccccc3)ccc2n1. The molecule has 0 spiro atoms. The van der Waals surface area contributed by atoms with Gasteiger partial charge < -0.3 is 11.5 Å². The highest BCUT2D eigenvalue weighted by molar-refractivity contribution is 7.85. The highest BCUT2D eigenvalue weighted by Gasteiger charge is 2.10. The van der Waals surface area contributed by atoms with Crippen LogP contribution in [0.25, 0.3) is 10.9 Å². The number of hydrogen-bond acceptors (Lipinski definition) is 5. The summed E-state index contributed by atoms with van der Waals surface area (Å²) in [7, 11) is -1.26. The normalized spacial score (nSPS) is 12.4. The molecule has 5 nitrogen and oxygen atoms in total. The second-order valence-corrected chi connectivity index (χ2v) is 5.71. The molecule has 20 heavy (non-hydrogen) atoms. The third kappa shape index (κ3) is 2.21. The maximum absolute atomic E-state index is 12.5. The van der Waals surface area contributed by atoms with E-state index in [0.717, 1.165) is 4.90 Å². The molecule has 0 unspecified atom stereocenters. The van der Waals surface area contributed by atoms with Crippen LogP contribution in [0.1, 0.15) is 0 Å². The summed E-state index contributed by atoms with van der Waals surface area (Å²) in [6.45, 7) is 0. The molecule has 3 aromatic rings. The minimum Gasteiger partial charge on any atom is -0.383 e. The lowest BCUT2D eigenvalue weighted by Gasteiger charge is -2.06. The molecule has 6 heteroatoms. The molecular weight excluding hydrogens is 272 g/mol. The van der Waals surface area contributed by atoms with Gasteiger partial charge in [0, 0.05) is 15.2 Å². The molecule has 2 aromatic carbocycles. The zero-order valence-corrected chi connectivity index (χ0v) is 11.3. The topological polar surface area (TPSA) is 94.9 Å². The van der Waals surface area contributed by atoms with E-state index in [0.29, 0.717) is 21.6 Å². The van der Waals surface area contributed by atoms with Crippen LogP contribution in [-0.4, -0.2) is 14.2 Å². The number of fused-ring (bicyclic) bond motifs is 1. The molecule has 1 atom stereocenters. The van der Waals surface area contributed by atoms with Gasteiger partial charge in [0.25, 0.3) is 0 Å². The number of benzene rings is 2. The van der Waals surface area contributed by atoms with E-state index in [1.807, 2.05) is 30.3 Å². The predicted molar refractivity (Wildman–Crippen MR) is 79.5 cm³/mol. The van der Waals surface area contributed by atoms with Gasteiger partial charge in [-0.3, -0.25) is 0 Å². The van der Waals surface area contributed by atoms with Gasteiger partial charge in [-0.05, 0) is 30.3 Å². The number of aromatic nitrogens is 2. The van der Waals surface area contributed by atoms with Crippen molar-refractivity contribution in [1.82, 2.24) is 9.97 Å². The van der Waals surface area contributed by atoms with E-state index in [1.54, 1.807) is 18.2 Å². The largest absolute Gasteiger partial charge is 0.383 e. The Kier molecular flexibility index (Phi) is 3.08. The van der Waals surface area contributed by atoms with Gasteiger partial charge in [0.05, 0.1) is 16.3 Å². The van der Waals surface area contributed by atoms with Crippen LogP contribution in [0.15, 0.2) is 58.3 Å². The van der Waals surface area contributed by atoms with Crippen LogP contribution in [0.3, 0.4) is 0 Å². The van der Waals surface area contributed by atoms with Gasteiger partial charge in [-0.25, -0.2) is 9.19 Å². The standard InChI is InChI=1S/C14H12N4OS/c15-13-11-8-10(6-7-12(11)17-14(16)18-13)20(19)9-4-2-1-3-5-9/h1-8H,(H4,15,16,17,18)/t20-/m1/s1. The first kappa shape index (κ1) is 12.6. The highest BCUT2D eigenvalue weighted by Crippen LogP contribution is 2.24. The summed E-state index contributed by atoms with van der Waals surface area (Å²) < 4.78 is 12.5. The van der Waals surface area contributed by atoms with E-state index in [1.165, 1.54) is 0 Å². The fourth-order valence-corrected chi connectivity index (χ4v) is 3.04. The predicted octanol–water partition coefficient (Wildman–Crippen LogP) is 1.96. The molecule has 0 saturated carbocycles. The molecular formula is C14H12N4OS. The lowest BCUT2D eigenvalue weighted by Crippen LogP contribution is -2.01. The molecule has 0 fully saturated rings. The summed E-state index contributed by atoms with van der Waals surface area (Å²) in [5.41, 5.74) is 12.0. The highest BCUT2D eigenvalue weighted by atomic mass is 32.2. The Morgan fingerprint density at radius 2 is 1.65 bits per heavy atom. The fourth-order valence-electron chi connectivity index (χ4n) is 1.95. The summed E-state index contributed by atoms with van der Waals surface area (Å²) in [6.07, 6.45) is 0. The van der Waals surface area contributed by atoms with E-state index in [9.17, 15) is 4.21 Å². The van der Waals surface area contributed by atoms with Crippen LogP contribution in [0.2, 0.25) is 0 Å². The Balaban J connectivity index is 2.12. The van der Waals surface area contributed by atoms with Gasteiger partial charge in [0.2, 0.25) is 5.95 Å². The van der Waals surface area contributed by atoms with E-state index in [4.69, 9.17) is 11.5 Å². The summed E-state index contributed by atoms with van der Waals surface area (Å²) >= 11 is 0. The van der Waals surface area contributed by atoms with Gasteiger partial charge in [-0.2, -0.15) is 4.98 Å². The molecule has 4 N–H and O–H groups in total. The van der Waals surface area contributed by atoms with Gasteiger partial charge in [-0.1, -0.05) is 18.2 Å². The van der Waals surface area contributed by atoms with Crippen LogP contribution in [0, 0.1) is 0 Å². The van der Waals surface area contributed by atoms with Crippen molar-refractivity contribution in [3.63, 3.8) is 0 Å². The van der Waals surface area contributed by atoms with E-state index in [2.05, 4.69) is 9.97 Å².